The molecule has 0 radical (unpaired) electrons. The molecule has 0 bridgehead atoms. The van der Waals surface area contributed by atoms with Crippen LogP contribution in [0.15, 0.2) is 22.7 Å². The third-order valence-corrected chi connectivity index (χ3v) is 4.10. The molecule has 0 N–H and O–H groups in total. The molecule has 0 fully saturated rings. The second-order valence-corrected chi connectivity index (χ2v) is 5.27. The third-order valence-electron chi connectivity index (χ3n) is 1.55. The summed E-state index contributed by atoms with van der Waals surface area (Å²) in [6, 6.07) is 5.67. The van der Waals surface area contributed by atoms with Crippen LogP contribution in [0.4, 0.5) is 0 Å². The average molecular weight is 282 g/mol. The number of hydrogen-bond acceptors (Lipinski definition) is 1. The van der Waals surface area contributed by atoms with Gasteiger partial charge in [-0.25, -0.2) is 0 Å². The molecule has 0 unspecified atom stereocenters. The van der Waals surface area contributed by atoms with Crippen molar-refractivity contribution in [1.29, 1.82) is 0 Å². The van der Waals surface area contributed by atoms with E-state index in [1.165, 1.54) is 11.3 Å². The predicted octanol–water partition coefficient (Wildman–Crippen LogP) is 4.97. The fraction of sp³-hybridized carbons (Fsp3) is 0. The van der Waals surface area contributed by atoms with Gasteiger partial charge in [-0.15, -0.1) is 11.3 Å². The highest BCUT2D eigenvalue weighted by Gasteiger charge is 2.06. The van der Waals surface area contributed by atoms with Gasteiger partial charge in [0.05, 0.1) is 9.04 Å². The zero-order valence-corrected chi connectivity index (χ0v) is 9.69. The Morgan fingerprint density at radius 3 is 2.67 bits per heavy atom. The standard InChI is InChI=1S/C8H3BrCl2S/c9-5-1-2-6(10)4-3-7(11)12-8(4)5/h1-3H. The van der Waals surface area contributed by atoms with E-state index < -0.39 is 0 Å². The molecule has 1 aromatic heterocycles. The van der Waals surface area contributed by atoms with E-state index in [9.17, 15) is 0 Å². The molecule has 1 heterocycles. The lowest BCUT2D eigenvalue weighted by atomic mass is 10.3. The van der Waals surface area contributed by atoms with Gasteiger partial charge >= 0.3 is 0 Å². The SMILES string of the molecule is Clc1cc2c(Cl)ccc(Br)c2s1. The van der Waals surface area contributed by atoms with Gasteiger partial charge < -0.3 is 0 Å². The first-order valence-electron chi connectivity index (χ1n) is 3.21. The molecule has 12 heavy (non-hydrogen) atoms. The van der Waals surface area contributed by atoms with Crippen LogP contribution in [-0.2, 0) is 0 Å². The molecule has 2 aromatic rings. The predicted molar refractivity (Wildman–Crippen MR) is 59.5 cm³/mol. The first-order valence-corrected chi connectivity index (χ1v) is 5.58. The highest BCUT2D eigenvalue weighted by atomic mass is 79.9. The van der Waals surface area contributed by atoms with Gasteiger partial charge in [0.1, 0.15) is 0 Å². The molecule has 0 amide bonds. The van der Waals surface area contributed by atoms with Crippen molar-refractivity contribution in [2.75, 3.05) is 0 Å². The van der Waals surface area contributed by atoms with Crippen LogP contribution in [0.5, 0.6) is 0 Å². The minimum Gasteiger partial charge on any atom is -0.122 e. The summed E-state index contributed by atoms with van der Waals surface area (Å²) in [6.07, 6.45) is 0. The Kier molecular flexibility index (Phi) is 2.34. The first-order chi connectivity index (χ1) is 5.68. The molecular formula is C8H3BrCl2S. The van der Waals surface area contributed by atoms with E-state index in [2.05, 4.69) is 15.9 Å². The minimum atomic E-state index is 0.747. The summed E-state index contributed by atoms with van der Waals surface area (Å²) in [5.41, 5.74) is 0. The van der Waals surface area contributed by atoms with Crippen molar-refractivity contribution in [3.8, 4) is 0 Å². The summed E-state index contributed by atoms with van der Waals surface area (Å²) in [5.74, 6) is 0. The normalized spacial score (nSPS) is 10.9. The summed E-state index contributed by atoms with van der Waals surface area (Å²) in [4.78, 5) is 0. The Morgan fingerprint density at radius 2 is 2.00 bits per heavy atom. The molecule has 1 aromatic carbocycles. The topological polar surface area (TPSA) is 0 Å². The van der Waals surface area contributed by atoms with Gasteiger partial charge in [-0.3, -0.25) is 0 Å². The molecule has 4 heteroatoms. The second-order valence-electron chi connectivity index (χ2n) is 2.32. The van der Waals surface area contributed by atoms with E-state index in [1.807, 2.05) is 18.2 Å². The summed E-state index contributed by atoms with van der Waals surface area (Å²) in [6.45, 7) is 0. The van der Waals surface area contributed by atoms with Crippen LogP contribution >= 0.6 is 50.5 Å². The Balaban J connectivity index is 2.93. The summed E-state index contributed by atoms with van der Waals surface area (Å²) < 4.78 is 2.91. The molecule has 0 saturated heterocycles. The number of benzene rings is 1. The van der Waals surface area contributed by atoms with E-state index >= 15 is 0 Å². The average Bonchev–Trinajstić information content (AvgIpc) is 2.41. The van der Waals surface area contributed by atoms with Gasteiger partial charge in [0.2, 0.25) is 0 Å². The second kappa shape index (κ2) is 3.18. The van der Waals surface area contributed by atoms with E-state index in [4.69, 9.17) is 23.2 Å². The van der Waals surface area contributed by atoms with Crippen molar-refractivity contribution in [1.82, 2.24) is 0 Å². The minimum absolute atomic E-state index is 0.747. The maximum absolute atomic E-state index is 5.97. The number of thiophene rings is 1. The molecule has 0 nitrogen and oxygen atoms in total. The van der Waals surface area contributed by atoms with Crippen LogP contribution < -0.4 is 0 Å². The van der Waals surface area contributed by atoms with Crippen molar-refractivity contribution in [3.05, 3.63) is 32.0 Å². The lowest BCUT2D eigenvalue weighted by molar-refractivity contribution is 1.79. The van der Waals surface area contributed by atoms with Gasteiger partial charge in [0.15, 0.2) is 0 Å². The van der Waals surface area contributed by atoms with Crippen molar-refractivity contribution >= 4 is 60.6 Å². The molecule has 0 spiro atoms. The zero-order chi connectivity index (χ0) is 8.72. The van der Waals surface area contributed by atoms with Gasteiger partial charge in [-0.1, -0.05) is 23.2 Å². The van der Waals surface area contributed by atoms with Gasteiger partial charge in [0.25, 0.3) is 0 Å². The van der Waals surface area contributed by atoms with Crippen LogP contribution in [0.25, 0.3) is 10.1 Å². The Bertz CT molecular complexity index is 397. The van der Waals surface area contributed by atoms with Gasteiger partial charge in [0, 0.05) is 14.9 Å². The number of halogens is 3. The third kappa shape index (κ3) is 1.37. The molecule has 62 valence electrons. The largest absolute Gasteiger partial charge is 0.122 e. The van der Waals surface area contributed by atoms with Gasteiger partial charge in [-0.2, -0.15) is 0 Å². The summed E-state index contributed by atoms with van der Waals surface area (Å²) >= 11 is 16.8. The van der Waals surface area contributed by atoms with Crippen molar-refractivity contribution in [2.24, 2.45) is 0 Å². The maximum Gasteiger partial charge on any atom is 0.0941 e. The molecule has 0 atom stereocenters. The lowest BCUT2D eigenvalue weighted by Crippen LogP contribution is -1.67. The highest BCUT2D eigenvalue weighted by Crippen LogP contribution is 2.38. The maximum atomic E-state index is 5.97. The Morgan fingerprint density at radius 1 is 1.25 bits per heavy atom. The fourth-order valence-corrected chi connectivity index (χ4v) is 3.04. The zero-order valence-electron chi connectivity index (χ0n) is 5.77. The summed E-state index contributed by atoms with van der Waals surface area (Å²) in [5, 5.41) is 1.76. The number of fused-ring (bicyclic) bond motifs is 1. The molecule has 0 saturated carbocycles. The first kappa shape index (κ1) is 8.82. The van der Waals surface area contributed by atoms with E-state index in [-0.39, 0.29) is 0 Å². The highest BCUT2D eigenvalue weighted by molar-refractivity contribution is 9.10. The molecular weight excluding hydrogens is 279 g/mol. The van der Waals surface area contributed by atoms with Gasteiger partial charge in [-0.05, 0) is 34.1 Å². The smallest absolute Gasteiger partial charge is 0.0941 e. The molecule has 0 aliphatic carbocycles. The quantitative estimate of drug-likeness (QED) is 0.639. The van der Waals surface area contributed by atoms with Crippen LogP contribution in [0.1, 0.15) is 0 Å². The van der Waals surface area contributed by atoms with Crippen molar-refractivity contribution < 1.29 is 0 Å². The van der Waals surface area contributed by atoms with Crippen molar-refractivity contribution in [3.63, 3.8) is 0 Å². The molecule has 0 aliphatic heterocycles. The molecule has 0 aliphatic rings. The number of hydrogen-bond donors (Lipinski definition) is 0. The lowest BCUT2D eigenvalue weighted by Gasteiger charge is -1.94. The Labute approximate surface area is 92.2 Å². The Hall–Kier alpha value is 0.240. The van der Waals surface area contributed by atoms with Crippen LogP contribution in [0, 0.1) is 0 Å². The van der Waals surface area contributed by atoms with E-state index in [1.54, 1.807) is 0 Å². The monoisotopic (exact) mass is 280 g/mol. The fourth-order valence-electron chi connectivity index (χ4n) is 1.03. The summed E-state index contributed by atoms with van der Waals surface area (Å²) in [7, 11) is 0. The van der Waals surface area contributed by atoms with Crippen LogP contribution in [0.2, 0.25) is 9.36 Å². The molecule has 2 rings (SSSR count). The van der Waals surface area contributed by atoms with E-state index in [0.29, 0.717) is 0 Å². The van der Waals surface area contributed by atoms with E-state index in [0.717, 1.165) is 23.9 Å². The van der Waals surface area contributed by atoms with Crippen LogP contribution in [-0.4, -0.2) is 0 Å². The van der Waals surface area contributed by atoms with Crippen LogP contribution in [0.3, 0.4) is 0 Å². The number of rotatable bonds is 0. The van der Waals surface area contributed by atoms with Crippen molar-refractivity contribution in [2.45, 2.75) is 0 Å².